The fourth-order valence-corrected chi connectivity index (χ4v) is 2.96. The fourth-order valence-electron chi connectivity index (χ4n) is 2.96. The number of nitrogens with zero attached hydrogens (tertiary/aromatic N) is 2. The van der Waals surface area contributed by atoms with E-state index in [1.165, 1.54) is 0 Å². The number of carbonyl (C=O) groups excluding carboxylic acids is 2. The molecule has 1 aromatic carbocycles. The van der Waals surface area contributed by atoms with Crippen molar-refractivity contribution < 1.29 is 14.3 Å². The lowest BCUT2D eigenvalue weighted by molar-refractivity contribution is -0.126. The molecule has 0 bridgehead atoms. The highest BCUT2D eigenvalue weighted by atomic mass is 16.5. The molecule has 6 heteroatoms. The molecule has 1 fully saturated rings. The van der Waals surface area contributed by atoms with Crippen molar-refractivity contribution in [1.82, 2.24) is 15.1 Å². The Morgan fingerprint density at radius 1 is 1.25 bits per heavy atom. The smallest absolute Gasteiger partial charge is 0.319 e. The highest BCUT2D eigenvalue weighted by Gasteiger charge is 2.28. The molecule has 0 aliphatic carbocycles. The van der Waals surface area contributed by atoms with Gasteiger partial charge in [0.05, 0.1) is 6.10 Å². The topological polar surface area (TPSA) is 61.9 Å². The van der Waals surface area contributed by atoms with Crippen LogP contribution in [0, 0.1) is 5.92 Å². The van der Waals surface area contributed by atoms with E-state index in [0.29, 0.717) is 32.5 Å². The van der Waals surface area contributed by atoms with Crippen LogP contribution in [0.15, 0.2) is 30.3 Å². The number of rotatable bonds is 5. The van der Waals surface area contributed by atoms with E-state index in [1.54, 1.807) is 31.0 Å². The number of methoxy groups -OCH3 is 1. The van der Waals surface area contributed by atoms with Crippen LogP contribution in [0.2, 0.25) is 0 Å². The van der Waals surface area contributed by atoms with Crippen LogP contribution in [-0.4, -0.2) is 62.6 Å². The molecule has 6 nitrogen and oxygen atoms in total. The molecule has 1 aliphatic rings. The number of carbonyl (C=O) groups is 2. The third-order valence-electron chi connectivity index (χ3n) is 4.44. The average molecular weight is 333 g/mol. The van der Waals surface area contributed by atoms with Crippen molar-refractivity contribution >= 4 is 11.9 Å². The minimum atomic E-state index is -0.148. The molecule has 0 radical (unpaired) electrons. The summed E-state index contributed by atoms with van der Waals surface area (Å²) >= 11 is 0. The van der Waals surface area contributed by atoms with Crippen molar-refractivity contribution in [3.8, 4) is 0 Å². The monoisotopic (exact) mass is 333 g/mol. The van der Waals surface area contributed by atoms with E-state index in [2.05, 4.69) is 5.32 Å². The van der Waals surface area contributed by atoms with Crippen molar-refractivity contribution in [1.29, 1.82) is 0 Å². The lowest BCUT2D eigenvalue weighted by Gasteiger charge is -2.33. The normalized spacial score (nSPS) is 16.5. The minimum absolute atomic E-state index is 0.0115. The van der Waals surface area contributed by atoms with Gasteiger partial charge in [-0.2, -0.15) is 0 Å². The molecule has 1 saturated heterocycles. The van der Waals surface area contributed by atoms with E-state index in [4.69, 9.17) is 4.74 Å². The quantitative estimate of drug-likeness (QED) is 0.895. The maximum Gasteiger partial charge on any atom is 0.319 e. The Balaban J connectivity index is 1.80. The summed E-state index contributed by atoms with van der Waals surface area (Å²) in [6, 6.07) is 9.87. The first-order chi connectivity index (χ1) is 11.5. The van der Waals surface area contributed by atoms with E-state index in [1.807, 2.05) is 30.3 Å². The third kappa shape index (κ3) is 4.71. The molecule has 0 saturated carbocycles. The van der Waals surface area contributed by atoms with Crippen LogP contribution in [-0.2, 0) is 9.53 Å². The van der Waals surface area contributed by atoms with Gasteiger partial charge in [-0.3, -0.25) is 4.79 Å². The molecule has 1 N–H and O–H groups in total. The molecule has 1 atom stereocenters. The molecule has 1 heterocycles. The van der Waals surface area contributed by atoms with Crippen molar-refractivity contribution in [2.75, 3.05) is 40.8 Å². The zero-order chi connectivity index (χ0) is 17.5. The zero-order valence-electron chi connectivity index (χ0n) is 14.7. The summed E-state index contributed by atoms with van der Waals surface area (Å²) in [7, 11) is 5.14. The van der Waals surface area contributed by atoms with Gasteiger partial charge in [0.15, 0.2) is 0 Å². The summed E-state index contributed by atoms with van der Waals surface area (Å²) in [5.41, 5.74) is 1.05. The molecule has 0 aromatic heterocycles. The molecule has 132 valence electrons. The van der Waals surface area contributed by atoms with Crippen LogP contribution in [0.25, 0.3) is 0 Å². The number of likely N-dealkylation sites (tertiary alicyclic amines) is 1. The average Bonchev–Trinajstić information content (AvgIpc) is 2.62. The SMILES string of the molecule is COC(CNC(=O)C1CCN(C(=O)N(C)C)CC1)c1ccccc1. The summed E-state index contributed by atoms with van der Waals surface area (Å²) in [6.45, 7) is 1.71. The van der Waals surface area contributed by atoms with Crippen LogP contribution in [0.3, 0.4) is 0 Å². The summed E-state index contributed by atoms with van der Waals surface area (Å²) < 4.78 is 5.48. The van der Waals surface area contributed by atoms with Crippen molar-refractivity contribution in [2.24, 2.45) is 5.92 Å². The van der Waals surface area contributed by atoms with Crippen molar-refractivity contribution in [2.45, 2.75) is 18.9 Å². The summed E-state index contributed by atoms with van der Waals surface area (Å²) in [4.78, 5) is 27.7. The van der Waals surface area contributed by atoms with Gasteiger partial charge in [0.2, 0.25) is 5.91 Å². The second-order valence-electron chi connectivity index (χ2n) is 6.32. The maximum absolute atomic E-state index is 12.4. The van der Waals surface area contributed by atoms with Gasteiger partial charge in [-0.25, -0.2) is 4.79 Å². The Labute approximate surface area is 143 Å². The van der Waals surface area contributed by atoms with Gasteiger partial charge in [0.25, 0.3) is 0 Å². The first-order valence-corrected chi connectivity index (χ1v) is 8.34. The van der Waals surface area contributed by atoms with E-state index in [9.17, 15) is 9.59 Å². The predicted octanol–water partition coefficient (Wildman–Crippen LogP) is 1.88. The molecular formula is C18H27N3O3. The summed E-state index contributed by atoms with van der Waals surface area (Å²) in [5.74, 6) is 0.00873. The summed E-state index contributed by atoms with van der Waals surface area (Å²) in [5, 5.41) is 2.99. The molecule has 1 aromatic rings. The molecule has 24 heavy (non-hydrogen) atoms. The van der Waals surface area contributed by atoms with Gasteiger partial charge < -0.3 is 19.9 Å². The molecule has 0 spiro atoms. The Bertz CT molecular complexity index is 540. The molecule has 1 aliphatic heterocycles. The Morgan fingerprint density at radius 3 is 2.42 bits per heavy atom. The largest absolute Gasteiger partial charge is 0.375 e. The van der Waals surface area contributed by atoms with Crippen molar-refractivity contribution in [3.05, 3.63) is 35.9 Å². The summed E-state index contributed by atoms with van der Waals surface area (Å²) in [6.07, 6.45) is 1.26. The molecule has 1 unspecified atom stereocenters. The van der Waals surface area contributed by atoms with Gasteiger partial charge in [0.1, 0.15) is 0 Å². The van der Waals surface area contributed by atoms with Crippen LogP contribution in [0.4, 0.5) is 4.79 Å². The minimum Gasteiger partial charge on any atom is -0.375 e. The van der Waals surface area contributed by atoms with Crippen LogP contribution < -0.4 is 5.32 Å². The van der Waals surface area contributed by atoms with Gasteiger partial charge in [-0.1, -0.05) is 30.3 Å². The molecule has 2 rings (SSSR count). The second-order valence-corrected chi connectivity index (χ2v) is 6.32. The standard InChI is InChI=1S/C18H27N3O3/c1-20(2)18(23)21-11-9-15(10-12-21)17(22)19-13-16(24-3)14-7-5-4-6-8-14/h4-8,15-16H,9-13H2,1-3H3,(H,19,22). The number of ether oxygens (including phenoxy) is 1. The Morgan fingerprint density at radius 2 is 1.88 bits per heavy atom. The van der Waals surface area contributed by atoms with Crippen LogP contribution in [0.1, 0.15) is 24.5 Å². The number of hydrogen-bond acceptors (Lipinski definition) is 3. The number of nitrogens with one attached hydrogen (secondary N) is 1. The highest BCUT2D eigenvalue weighted by molar-refractivity contribution is 5.79. The first kappa shape index (κ1) is 18.3. The van der Waals surface area contributed by atoms with Gasteiger partial charge >= 0.3 is 6.03 Å². The Kier molecular flexibility index (Phi) is 6.61. The molecular weight excluding hydrogens is 306 g/mol. The fraction of sp³-hybridized carbons (Fsp3) is 0.556. The number of benzene rings is 1. The van der Waals surface area contributed by atoms with Crippen molar-refractivity contribution in [3.63, 3.8) is 0 Å². The predicted molar refractivity (Wildman–Crippen MR) is 92.6 cm³/mol. The number of hydrogen-bond donors (Lipinski definition) is 1. The van der Waals surface area contributed by atoms with Gasteiger partial charge in [-0.05, 0) is 18.4 Å². The van der Waals surface area contributed by atoms with E-state index in [-0.39, 0.29) is 24.0 Å². The van der Waals surface area contributed by atoms with Crippen LogP contribution >= 0.6 is 0 Å². The number of urea groups is 1. The lowest BCUT2D eigenvalue weighted by Crippen LogP contribution is -2.46. The van der Waals surface area contributed by atoms with Crippen LogP contribution in [0.5, 0.6) is 0 Å². The Hall–Kier alpha value is -2.08. The van der Waals surface area contributed by atoms with E-state index < -0.39 is 0 Å². The number of piperidine rings is 1. The van der Waals surface area contributed by atoms with E-state index >= 15 is 0 Å². The van der Waals surface area contributed by atoms with Gasteiger partial charge in [-0.15, -0.1) is 0 Å². The maximum atomic E-state index is 12.4. The zero-order valence-corrected chi connectivity index (χ0v) is 14.7. The molecule has 3 amide bonds. The lowest BCUT2D eigenvalue weighted by atomic mass is 9.96. The van der Waals surface area contributed by atoms with Gasteiger partial charge in [0, 0.05) is 46.8 Å². The first-order valence-electron chi connectivity index (χ1n) is 8.34. The number of amides is 3. The third-order valence-corrected chi connectivity index (χ3v) is 4.44. The van der Waals surface area contributed by atoms with E-state index in [0.717, 1.165) is 5.56 Å². The highest BCUT2D eigenvalue weighted by Crippen LogP contribution is 2.19. The second kappa shape index (κ2) is 8.68.